The van der Waals surface area contributed by atoms with Gasteiger partial charge in [-0.2, -0.15) is 0 Å². The van der Waals surface area contributed by atoms with E-state index in [-0.39, 0.29) is 68.3 Å². The van der Waals surface area contributed by atoms with Crippen molar-refractivity contribution in [3.8, 4) is 34.1 Å². The standard InChI is InChI=1S/C52H38N4O4.2HI.Mg.2Zn/c57-47-31-13-7-23-41(47)49(35-17-3-1-4-18-35)55-45-29-11-9-27-43(45)53-33-37-21-15-25-39(51(37)59)40-26-16-22-38(52(40)60)34-54-44-28-10-12-30-46(44)56-50(36-19-5-2-6-20-36)42-24-8-14-32-48(42)58;;;;;/h1-34,57-60H;2*1H;;;/q;;;3*+2/p-6. The van der Waals surface area contributed by atoms with Crippen LogP contribution < -0.4 is 20.4 Å². The molecule has 8 rings (SSSR count). The average molecular weight is 1190 g/mol. The van der Waals surface area contributed by atoms with E-state index < -0.39 is 0 Å². The molecule has 0 radical (unpaired) electrons. The molecule has 0 saturated heterocycles. The van der Waals surface area contributed by atoms with Gasteiger partial charge in [0.2, 0.25) is 0 Å². The van der Waals surface area contributed by atoms with Crippen molar-refractivity contribution in [2.75, 3.05) is 0 Å². The molecule has 8 nitrogen and oxygen atoms in total. The molecule has 65 heavy (non-hydrogen) atoms. The molecule has 8 aromatic carbocycles. The molecule has 8 aromatic rings. The summed E-state index contributed by atoms with van der Waals surface area (Å²) in [6.07, 6.45) is 2.93. The van der Waals surface area contributed by atoms with Gasteiger partial charge < -0.3 is 20.4 Å². The molecule has 0 aromatic heterocycles. The maximum atomic E-state index is 13.9. The third kappa shape index (κ3) is 13.1. The topological polar surface area (TPSA) is 142 Å². The van der Waals surface area contributed by atoms with Crippen LogP contribution in [0.15, 0.2) is 214 Å². The number of aliphatic imine (C=N–C) groups is 4. The summed E-state index contributed by atoms with van der Waals surface area (Å²) < 4.78 is 0. The van der Waals surface area contributed by atoms with Crippen LogP contribution in [-0.2, 0) is 29.6 Å². The molecule has 0 aliphatic rings. The summed E-state index contributed by atoms with van der Waals surface area (Å²) >= 11 is 7.24. The minimum atomic E-state index is -0.370. The number of benzene rings is 8. The van der Waals surface area contributed by atoms with Crippen LogP contribution in [0, 0.1) is 0 Å². The second-order valence-corrected chi connectivity index (χ2v) is 13.6. The zero-order chi connectivity index (χ0) is 45.3. The normalized spacial score (nSPS) is 11.3. The van der Waals surface area contributed by atoms with Crippen molar-refractivity contribution in [2.24, 2.45) is 20.0 Å². The molecule has 306 valence electrons. The predicted octanol–water partition coefficient (Wildman–Crippen LogP) is 10.9. The molecule has 13 heteroatoms. The van der Waals surface area contributed by atoms with Gasteiger partial charge >= 0.3 is 92.1 Å². The van der Waals surface area contributed by atoms with Gasteiger partial charge in [-0.25, -0.2) is 9.98 Å². The van der Waals surface area contributed by atoms with E-state index in [1.807, 2.05) is 84.9 Å². The number of para-hydroxylation sites is 8. The third-order valence-electron chi connectivity index (χ3n) is 9.67. The quantitative estimate of drug-likeness (QED) is 0.0722. The second-order valence-electron chi connectivity index (χ2n) is 13.6. The van der Waals surface area contributed by atoms with Crippen molar-refractivity contribution in [3.63, 3.8) is 0 Å². The summed E-state index contributed by atoms with van der Waals surface area (Å²) in [5.74, 6) is -1.05. The Balaban J connectivity index is 0.00000154. The molecule has 0 atom stereocenters. The first-order chi connectivity index (χ1) is 31.4. The zero-order valence-electron chi connectivity index (χ0n) is 34.9. The van der Waals surface area contributed by atoms with Crippen LogP contribution in [-0.4, -0.2) is 46.9 Å². The Hall–Kier alpha value is -4.89. The van der Waals surface area contributed by atoms with E-state index in [9.17, 15) is 20.4 Å². The van der Waals surface area contributed by atoms with Crippen LogP contribution in [0.5, 0.6) is 23.0 Å². The Bertz CT molecular complexity index is 2760. The Morgan fingerprint density at radius 3 is 1.06 bits per heavy atom. The second kappa shape index (κ2) is 26.3. The van der Waals surface area contributed by atoms with Crippen LogP contribution in [0.2, 0.25) is 0 Å². The molecule has 0 bridgehead atoms. The van der Waals surface area contributed by atoms with Crippen molar-refractivity contribution < 1.29 is 50.0 Å². The van der Waals surface area contributed by atoms with Gasteiger partial charge in [-0.05, 0) is 57.6 Å². The van der Waals surface area contributed by atoms with E-state index >= 15 is 0 Å². The minimum absolute atomic E-state index is 0. The van der Waals surface area contributed by atoms with Crippen molar-refractivity contribution >= 4 is 109 Å². The van der Waals surface area contributed by atoms with Gasteiger partial charge in [0.25, 0.3) is 0 Å². The van der Waals surface area contributed by atoms with Crippen LogP contribution in [0.25, 0.3) is 11.1 Å². The van der Waals surface area contributed by atoms with Gasteiger partial charge in [-0.1, -0.05) is 193 Å². The van der Waals surface area contributed by atoms with Crippen LogP contribution in [0.3, 0.4) is 0 Å². The fraction of sp³-hybridized carbons (Fsp3) is 0. The molecule has 0 saturated carbocycles. The maximum absolute atomic E-state index is 13.9. The van der Waals surface area contributed by atoms with Crippen molar-refractivity contribution in [1.29, 1.82) is 0 Å². The van der Waals surface area contributed by atoms with E-state index in [1.54, 1.807) is 97.1 Å². The molecule has 0 fully saturated rings. The Labute approximate surface area is 436 Å². The van der Waals surface area contributed by atoms with E-state index in [0.29, 0.717) is 45.3 Å². The van der Waals surface area contributed by atoms with Crippen molar-refractivity contribution in [3.05, 3.63) is 228 Å². The number of nitrogens with zero attached hydrogens (tertiary/aromatic N) is 4. The molecule has 0 aliphatic heterocycles. The molecule has 0 unspecified atom stereocenters. The Kier molecular flexibility index (Phi) is 20.7. The first-order valence-electron chi connectivity index (χ1n) is 19.7. The zero-order valence-corrected chi connectivity index (χ0v) is 46.6. The first kappa shape index (κ1) is 51.1. The van der Waals surface area contributed by atoms with Crippen LogP contribution in [0.4, 0.5) is 22.7 Å². The van der Waals surface area contributed by atoms with Gasteiger partial charge in [-0.15, -0.1) is 0 Å². The summed E-state index contributed by atoms with van der Waals surface area (Å²) in [4.78, 5) is 19.2. The Morgan fingerprint density at radius 2 is 0.692 bits per heavy atom. The first-order valence-corrected chi connectivity index (χ1v) is 37.8. The molecular formula is C52H34I2MgN4O4Zn2. The number of rotatable bonds is 11. The molecule has 0 amide bonds. The summed E-state index contributed by atoms with van der Waals surface area (Å²) in [7, 11) is 0. The molecule has 0 heterocycles. The van der Waals surface area contributed by atoms with E-state index in [4.69, 9.17) is 9.98 Å². The Morgan fingerprint density at radius 1 is 0.369 bits per heavy atom. The van der Waals surface area contributed by atoms with Gasteiger partial charge in [0.05, 0.1) is 34.2 Å². The molecule has 0 aliphatic carbocycles. The fourth-order valence-electron chi connectivity index (χ4n) is 6.67. The van der Waals surface area contributed by atoms with Crippen molar-refractivity contribution in [1.82, 2.24) is 0 Å². The molecule has 0 spiro atoms. The number of halogens is 2. The summed E-state index contributed by atoms with van der Waals surface area (Å²) in [5.41, 5.74) is 6.42. The number of hydrogen-bond acceptors (Lipinski definition) is 8. The monoisotopic (exact) mass is 1180 g/mol. The van der Waals surface area contributed by atoms with E-state index in [0.717, 1.165) is 11.1 Å². The van der Waals surface area contributed by atoms with Gasteiger partial charge in [0, 0.05) is 23.6 Å². The summed E-state index contributed by atoms with van der Waals surface area (Å²) in [6, 6.07) is 56.8. The van der Waals surface area contributed by atoms with Gasteiger partial charge in [-0.3, -0.25) is 9.98 Å². The predicted molar refractivity (Wildman–Crippen MR) is 267 cm³/mol. The van der Waals surface area contributed by atoms with Crippen LogP contribution in [0.1, 0.15) is 33.4 Å². The van der Waals surface area contributed by atoms with Crippen molar-refractivity contribution in [2.45, 2.75) is 0 Å². The number of hydrogen-bond donors (Lipinski definition) is 0. The van der Waals surface area contributed by atoms with Crippen LogP contribution >= 0.6 is 39.5 Å². The van der Waals surface area contributed by atoms with Gasteiger partial charge in [0.1, 0.15) is 0 Å². The van der Waals surface area contributed by atoms with Gasteiger partial charge in [0.15, 0.2) is 0 Å². The molecular weight excluding hydrogens is 1150 g/mol. The summed E-state index contributed by atoms with van der Waals surface area (Å²) in [6.45, 7) is 0. The fourth-order valence-corrected chi connectivity index (χ4v) is 6.67. The third-order valence-corrected chi connectivity index (χ3v) is 9.67. The van der Waals surface area contributed by atoms with E-state index in [1.165, 1.54) is 54.1 Å². The average Bonchev–Trinajstić information content (AvgIpc) is 3.35. The SMILES string of the molecule is [Mg+2].[O-]c1ccccc1C(=Nc1ccccc1N=Cc1cccc(-c2cccc(C=Nc3ccccc3N=C(c3ccccc3)c3ccccc3[O-])c2[O-])c1[O-])c1ccccc1.[Zn+][I].[Zn+][I]. The van der Waals surface area contributed by atoms with E-state index in [2.05, 4.69) is 49.5 Å². The molecule has 0 N–H and O–H groups in total. The summed E-state index contributed by atoms with van der Waals surface area (Å²) in [5, 5.41) is 53.7.